The highest BCUT2D eigenvalue weighted by Crippen LogP contribution is 2.24. The number of anilines is 1. The molecule has 0 spiro atoms. The summed E-state index contributed by atoms with van der Waals surface area (Å²) in [5.41, 5.74) is 3.22. The number of amides is 1. The van der Waals surface area contributed by atoms with Crippen molar-refractivity contribution in [1.82, 2.24) is 19.6 Å². The van der Waals surface area contributed by atoms with Crippen molar-refractivity contribution in [3.8, 4) is 5.88 Å². The summed E-state index contributed by atoms with van der Waals surface area (Å²) < 4.78 is 8.89. The lowest BCUT2D eigenvalue weighted by Crippen LogP contribution is -2.19. The second-order valence-electron chi connectivity index (χ2n) is 6.37. The number of ether oxygens (including phenoxy) is 1. The molecule has 1 amide bonds. The van der Waals surface area contributed by atoms with E-state index < -0.39 is 4.92 Å². The number of halogens is 1. The molecule has 1 aromatic carbocycles. The molecule has 3 aromatic rings. The van der Waals surface area contributed by atoms with Crippen LogP contribution in [-0.4, -0.2) is 37.5 Å². The Hall–Kier alpha value is -3.21. The highest BCUT2D eigenvalue weighted by molar-refractivity contribution is 9.10. The maximum atomic E-state index is 12.3. The first-order chi connectivity index (χ1) is 13.8. The highest BCUT2D eigenvalue weighted by Gasteiger charge is 2.21. The third-order valence-electron chi connectivity index (χ3n) is 4.24. The van der Waals surface area contributed by atoms with Crippen LogP contribution in [0.2, 0.25) is 0 Å². The number of benzene rings is 1. The molecular weight excluding hydrogens is 444 g/mol. The van der Waals surface area contributed by atoms with E-state index in [1.54, 1.807) is 6.07 Å². The molecule has 1 N–H and O–H groups in total. The second kappa shape index (κ2) is 8.43. The molecule has 0 fully saturated rings. The Bertz CT molecular complexity index is 1070. The fourth-order valence-corrected chi connectivity index (χ4v) is 3.13. The average Bonchev–Trinajstić information content (AvgIpc) is 3.18. The van der Waals surface area contributed by atoms with Crippen LogP contribution in [0.15, 0.2) is 34.9 Å². The highest BCUT2D eigenvalue weighted by atomic mass is 79.9. The summed E-state index contributed by atoms with van der Waals surface area (Å²) in [5.74, 6) is -0.503. The first-order valence-electron chi connectivity index (χ1n) is 8.62. The van der Waals surface area contributed by atoms with E-state index in [-0.39, 0.29) is 24.0 Å². The van der Waals surface area contributed by atoms with Crippen LogP contribution >= 0.6 is 15.9 Å². The number of carbonyl (C=O) groups excluding carboxylic acids is 1. The van der Waals surface area contributed by atoms with Crippen molar-refractivity contribution in [1.29, 1.82) is 0 Å². The van der Waals surface area contributed by atoms with Crippen molar-refractivity contribution < 1.29 is 14.5 Å². The van der Waals surface area contributed by atoms with E-state index in [1.165, 1.54) is 11.8 Å². The third kappa shape index (κ3) is 4.62. The zero-order valence-electron chi connectivity index (χ0n) is 16.0. The lowest BCUT2D eigenvalue weighted by atomic mass is 10.2. The van der Waals surface area contributed by atoms with E-state index in [1.807, 2.05) is 36.7 Å². The number of methoxy groups -OCH3 is 1. The number of aryl methyl sites for hydroxylation is 1. The van der Waals surface area contributed by atoms with Crippen LogP contribution < -0.4 is 10.1 Å². The normalized spacial score (nSPS) is 10.8. The van der Waals surface area contributed by atoms with Gasteiger partial charge in [0.1, 0.15) is 12.7 Å². The zero-order valence-corrected chi connectivity index (χ0v) is 17.6. The van der Waals surface area contributed by atoms with E-state index in [9.17, 15) is 14.9 Å². The molecule has 2 heterocycles. The lowest BCUT2D eigenvalue weighted by Gasteiger charge is -2.09. The minimum Gasteiger partial charge on any atom is -0.475 e. The van der Waals surface area contributed by atoms with Crippen molar-refractivity contribution in [3.63, 3.8) is 0 Å². The summed E-state index contributed by atoms with van der Waals surface area (Å²) in [6, 6.07) is 7.41. The topological polar surface area (TPSA) is 117 Å². The van der Waals surface area contributed by atoms with Gasteiger partial charge in [0.2, 0.25) is 5.91 Å². The zero-order chi connectivity index (χ0) is 21.1. The van der Waals surface area contributed by atoms with Crippen molar-refractivity contribution >= 4 is 33.2 Å². The first kappa shape index (κ1) is 20.5. The molecule has 0 bridgehead atoms. The standard InChI is InChI=1S/C18H19BrN6O4/c1-11-17(19)12(2)24(21-11)8-13-5-4-6-14(7-13)20-16(26)10-23-9-15(25(27)28)18(22-23)29-3/h4-7,9H,8,10H2,1-3H3,(H,20,26). The van der Waals surface area contributed by atoms with Crippen LogP contribution in [0.4, 0.5) is 11.4 Å². The summed E-state index contributed by atoms with van der Waals surface area (Å²) >= 11 is 3.51. The number of hydrogen-bond acceptors (Lipinski definition) is 6. The Morgan fingerprint density at radius 1 is 1.34 bits per heavy atom. The van der Waals surface area contributed by atoms with Crippen LogP contribution in [-0.2, 0) is 17.9 Å². The van der Waals surface area contributed by atoms with E-state index in [2.05, 4.69) is 31.4 Å². The maximum Gasteiger partial charge on any atom is 0.350 e. The Labute approximate surface area is 174 Å². The van der Waals surface area contributed by atoms with Gasteiger partial charge in [0.25, 0.3) is 0 Å². The quantitative estimate of drug-likeness (QED) is 0.425. The fraction of sp³-hybridized carbons (Fsp3) is 0.278. The number of nitro groups is 1. The van der Waals surface area contributed by atoms with E-state index in [4.69, 9.17) is 4.74 Å². The number of rotatable bonds is 7. The molecule has 152 valence electrons. The van der Waals surface area contributed by atoms with Gasteiger partial charge in [-0.2, -0.15) is 5.10 Å². The van der Waals surface area contributed by atoms with Gasteiger partial charge in [-0.15, -0.1) is 5.10 Å². The minimum atomic E-state index is -0.610. The molecule has 0 atom stereocenters. The van der Waals surface area contributed by atoms with E-state index in [0.29, 0.717) is 12.2 Å². The third-order valence-corrected chi connectivity index (χ3v) is 5.39. The summed E-state index contributed by atoms with van der Waals surface area (Å²) in [6.45, 7) is 4.29. The lowest BCUT2D eigenvalue weighted by molar-refractivity contribution is -0.385. The molecule has 0 aliphatic heterocycles. The van der Waals surface area contributed by atoms with E-state index in [0.717, 1.165) is 27.6 Å². The van der Waals surface area contributed by atoms with Crippen molar-refractivity contribution in [2.24, 2.45) is 0 Å². The van der Waals surface area contributed by atoms with Crippen molar-refractivity contribution in [2.45, 2.75) is 26.9 Å². The van der Waals surface area contributed by atoms with Gasteiger partial charge in [0.05, 0.1) is 34.4 Å². The molecule has 29 heavy (non-hydrogen) atoms. The van der Waals surface area contributed by atoms with Crippen LogP contribution in [0, 0.1) is 24.0 Å². The van der Waals surface area contributed by atoms with Gasteiger partial charge >= 0.3 is 11.6 Å². The summed E-state index contributed by atoms with van der Waals surface area (Å²) in [7, 11) is 1.28. The van der Waals surface area contributed by atoms with Gasteiger partial charge in [-0.25, -0.2) is 0 Å². The molecule has 0 saturated carbocycles. The molecular formula is C18H19BrN6O4. The van der Waals surface area contributed by atoms with Crippen LogP contribution in [0.3, 0.4) is 0 Å². The smallest absolute Gasteiger partial charge is 0.350 e. The van der Waals surface area contributed by atoms with Gasteiger partial charge in [-0.3, -0.25) is 24.3 Å². The van der Waals surface area contributed by atoms with Gasteiger partial charge in [0.15, 0.2) is 0 Å². The molecule has 2 aromatic heterocycles. The number of carbonyl (C=O) groups is 1. The first-order valence-corrected chi connectivity index (χ1v) is 9.42. The van der Waals surface area contributed by atoms with Crippen molar-refractivity contribution in [3.05, 3.63) is 62.0 Å². The predicted octanol–water partition coefficient (Wildman–Crippen LogP) is 3.06. The molecule has 3 rings (SSSR count). The molecule has 0 aliphatic rings. The van der Waals surface area contributed by atoms with Crippen LogP contribution in [0.25, 0.3) is 0 Å². The Balaban J connectivity index is 1.69. The number of nitrogens with one attached hydrogen (secondary N) is 1. The van der Waals surface area contributed by atoms with Gasteiger partial charge in [-0.1, -0.05) is 12.1 Å². The molecule has 0 radical (unpaired) electrons. The van der Waals surface area contributed by atoms with Gasteiger partial charge < -0.3 is 10.1 Å². The van der Waals surface area contributed by atoms with Crippen LogP contribution in [0.5, 0.6) is 5.88 Å². The Morgan fingerprint density at radius 2 is 2.10 bits per heavy atom. The largest absolute Gasteiger partial charge is 0.475 e. The summed E-state index contributed by atoms with van der Waals surface area (Å²) in [5, 5.41) is 22.1. The molecule has 0 saturated heterocycles. The summed E-state index contributed by atoms with van der Waals surface area (Å²) in [4.78, 5) is 22.7. The fourth-order valence-electron chi connectivity index (χ4n) is 2.84. The second-order valence-corrected chi connectivity index (χ2v) is 7.16. The molecule has 0 aliphatic carbocycles. The number of nitrogens with zero attached hydrogens (tertiary/aromatic N) is 5. The van der Waals surface area contributed by atoms with Crippen molar-refractivity contribution in [2.75, 3.05) is 12.4 Å². The molecule has 0 unspecified atom stereocenters. The monoisotopic (exact) mass is 462 g/mol. The van der Waals surface area contributed by atoms with Gasteiger partial charge in [-0.05, 0) is 47.5 Å². The Morgan fingerprint density at radius 3 is 2.69 bits per heavy atom. The van der Waals surface area contributed by atoms with Gasteiger partial charge in [0, 0.05) is 5.69 Å². The van der Waals surface area contributed by atoms with E-state index >= 15 is 0 Å². The average molecular weight is 463 g/mol. The molecule has 11 heteroatoms. The predicted molar refractivity (Wildman–Crippen MR) is 109 cm³/mol. The number of hydrogen-bond donors (Lipinski definition) is 1. The summed E-state index contributed by atoms with van der Waals surface area (Å²) in [6.07, 6.45) is 1.16. The maximum absolute atomic E-state index is 12.3. The minimum absolute atomic E-state index is 0.138. The number of aromatic nitrogens is 4. The van der Waals surface area contributed by atoms with Crippen LogP contribution in [0.1, 0.15) is 17.0 Å². The molecule has 10 nitrogen and oxygen atoms in total. The SMILES string of the molecule is COc1nn(CC(=O)Nc2cccc(Cn3nc(C)c(Br)c3C)c2)cc1[N+](=O)[O-]. The Kier molecular flexibility index (Phi) is 5.97.